The molecule has 26 heavy (non-hydrogen) atoms. The predicted molar refractivity (Wildman–Crippen MR) is 106 cm³/mol. The van der Waals surface area contributed by atoms with Crippen LogP contribution in [0.2, 0.25) is 0 Å². The van der Waals surface area contributed by atoms with Gasteiger partial charge in [-0.15, -0.1) is 0 Å². The van der Waals surface area contributed by atoms with Gasteiger partial charge in [-0.3, -0.25) is 4.79 Å². The second kappa shape index (κ2) is 22.4. The molecule has 0 saturated heterocycles. The van der Waals surface area contributed by atoms with Crippen molar-refractivity contribution in [2.75, 3.05) is 33.0 Å². The number of aliphatic hydroxyl groups is 1. The Bertz CT molecular complexity index is 284. The maximum absolute atomic E-state index is 10.4. The lowest BCUT2D eigenvalue weighted by Crippen LogP contribution is -2.07. The largest absolute Gasteiger partial charge is 0.481 e. The molecule has 0 aliphatic rings. The number of hydrogen-bond acceptors (Lipinski definition) is 4. The topological polar surface area (TPSA) is 76.0 Å². The Morgan fingerprint density at radius 3 is 1.35 bits per heavy atom. The van der Waals surface area contributed by atoms with Crippen LogP contribution >= 0.6 is 0 Å². The van der Waals surface area contributed by atoms with Crippen LogP contribution in [-0.4, -0.2) is 49.2 Å². The average molecular weight is 375 g/mol. The van der Waals surface area contributed by atoms with Gasteiger partial charge in [-0.2, -0.15) is 0 Å². The molecule has 0 unspecified atom stereocenters. The zero-order valence-electron chi connectivity index (χ0n) is 16.8. The lowest BCUT2D eigenvalue weighted by Gasteiger charge is -2.05. The van der Waals surface area contributed by atoms with Gasteiger partial charge in [0.05, 0.1) is 26.4 Å². The van der Waals surface area contributed by atoms with Crippen molar-refractivity contribution >= 4 is 5.97 Å². The number of carboxylic acids is 1. The standard InChI is InChI=1S/C21H42O5/c22-16-18-26-20-19-25-17-14-12-10-8-6-4-2-1-3-5-7-9-11-13-15-21(23)24/h22H,1-20H2,(H,23,24). The van der Waals surface area contributed by atoms with E-state index in [0.717, 1.165) is 25.9 Å². The number of ether oxygens (including phenoxy) is 2. The summed E-state index contributed by atoms with van der Waals surface area (Å²) in [5.41, 5.74) is 0. The quantitative estimate of drug-likeness (QED) is 0.262. The molecule has 0 atom stereocenters. The highest BCUT2D eigenvalue weighted by atomic mass is 16.5. The van der Waals surface area contributed by atoms with Crippen LogP contribution in [0.4, 0.5) is 0 Å². The van der Waals surface area contributed by atoms with E-state index in [1.807, 2.05) is 0 Å². The Labute approximate surface area is 160 Å². The number of aliphatic carboxylic acids is 1. The van der Waals surface area contributed by atoms with E-state index < -0.39 is 5.97 Å². The zero-order chi connectivity index (χ0) is 19.1. The van der Waals surface area contributed by atoms with Crippen molar-refractivity contribution in [1.29, 1.82) is 0 Å². The van der Waals surface area contributed by atoms with E-state index in [2.05, 4.69) is 0 Å². The van der Waals surface area contributed by atoms with Crippen LogP contribution < -0.4 is 0 Å². The molecular formula is C21H42O5. The van der Waals surface area contributed by atoms with Gasteiger partial charge in [0.25, 0.3) is 0 Å². The summed E-state index contributed by atoms with van der Waals surface area (Å²) in [5.74, 6) is -0.668. The van der Waals surface area contributed by atoms with Crippen molar-refractivity contribution in [3.63, 3.8) is 0 Å². The van der Waals surface area contributed by atoms with Crippen molar-refractivity contribution < 1.29 is 24.5 Å². The maximum atomic E-state index is 10.4. The van der Waals surface area contributed by atoms with Crippen LogP contribution in [0.1, 0.15) is 96.3 Å². The molecule has 0 spiro atoms. The summed E-state index contributed by atoms with van der Waals surface area (Å²) in [5, 5.41) is 17.1. The van der Waals surface area contributed by atoms with Crippen molar-refractivity contribution in [3.8, 4) is 0 Å². The Hall–Kier alpha value is -0.650. The van der Waals surface area contributed by atoms with Crippen molar-refractivity contribution in [2.24, 2.45) is 0 Å². The van der Waals surface area contributed by atoms with Crippen LogP contribution in [0.25, 0.3) is 0 Å². The van der Waals surface area contributed by atoms with Crippen molar-refractivity contribution in [2.45, 2.75) is 96.3 Å². The lowest BCUT2D eigenvalue weighted by atomic mass is 10.0. The summed E-state index contributed by atoms with van der Waals surface area (Å²) < 4.78 is 10.6. The number of rotatable bonds is 22. The third-order valence-corrected chi connectivity index (χ3v) is 4.54. The van der Waals surface area contributed by atoms with Gasteiger partial charge >= 0.3 is 5.97 Å². The minimum atomic E-state index is -0.668. The SMILES string of the molecule is O=C(O)CCCCCCCCCCCCCCCCOCCOCCO. The molecular weight excluding hydrogens is 332 g/mol. The normalized spacial score (nSPS) is 11.1. The number of aliphatic hydroxyl groups excluding tert-OH is 1. The first-order valence-electron chi connectivity index (χ1n) is 10.8. The first-order chi connectivity index (χ1) is 12.8. The molecule has 0 bridgehead atoms. The summed E-state index contributed by atoms with van der Waals surface area (Å²) in [6.07, 6.45) is 17.7. The van der Waals surface area contributed by atoms with Gasteiger partial charge in [0, 0.05) is 13.0 Å². The van der Waals surface area contributed by atoms with E-state index in [-0.39, 0.29) is 6.61 Å². The van der Waals surface area contributed by atoms with Gasteiger partial charge in [0.1, 0.15) is 0 Å². The van der Waals surface area contributed by atoms with E-state index in [0.29, 0.717) is 26.2 Å². The summed E-state index contributed by atoms with van der Waals surface area (Å²) >= 11 is 0. The van der Waals surface area contributed by atoms with E-state index >= 15 is 0 Å². The number of hydrogen-bond donors (Lipinski definition) is 2. The molecule has 0 heterocycles. The Morgan fingerprint density at radius 1 is 0.538 bits per heavy atom. The molecule has 2 N–H and O–H groups in total. The van der Waals surface area contributed by atoms with Crippen LogP contribution in [0.15, 0.2) is 0 Å². The lowest BCUT2D eigenvalue weighted by molar-refractivity contribution is -0.137. The van der Waals surface area contributed by atoms with Gasteiger partial charge in [-0.25, -0.2) is 0 Å². The molecule has 5 heteroatoms. The molecule has 0 aromatic heterocycles. The Balaban J connectivity index is 2.98. The predicted octanol–water partition coefficient (Wildman–Crippen LogP) is 4.95. The van der Waals surface area contributed by atoms with E-state index in [9.17, 15) is 4.79 Å². The van der Waals surface area contributed by atoms with Gasteiger partial charge < -0.3 is 19.7 Å². The zero-order valence-corrected chi connectivity index (χ0v) is 16.8. The molecule has 0 radical (unpaired) electrons. The van der Waals surface area contributed by atoms with Crippen LogP contribution in [0.3, 0.4) is 0 Å². The minimum absolute atomic E-state index is 0.0795. The number of unbranched alkanes of at least 4 members (excludes halogenated alkanes) is 13. The highest BCUT2D eigenvalue weighted by molar-refractivity contribution is 5.66. The highest BCUT2D eigenvalue weighted by Gasteiger charge is 1.97. The van der Waals surface area contributed by atoms with Crippen LogP contribution in [0.5, 0.6) is 0 Å². The first-order valence-corrected chi connectivity index (χ1v) is 10.8. The molecule has 0 aromatic rings. The third-order valence-electron chi connectivity index (χ3n) is 4.54. The molecule has 0 rings (SSSR count). The van der Waals surface area contributed by atoms with E-state index in [4.69, 9.17) is 19.7 Å². The second-order valence-corrected chi connectivity index (χ2v) is 7.04. The fraction of sp³-hybridized carbons (Fsp3) is 0.952. The molecule has 0 saturated carbocycles. The molecule has 0 aliphatic carbocycles. The molecule has 156 valence electrons. The van der Waals surface area contributed by atoms with Gasteiger partial charge in [-0.05, 0) is 12.8 Å². The molecule has 0 aliphatic heterocycles. The second-order valence-electron chi connectivity index (χ2n) is 7.04. The molecule has 0 amide bonds. The summed E-state index contributed by atoms with van der Waals surface area (Å²) in [6.45, 7) is 2.50. The van der Waals surface area contributed by atoms with E-state index in [1.54, 1.807) is 0 Å². The molecule has 0 aromatic carbocycles. The van der Waals surface area contributed by atoms with Crippen molar-refractivity contribution in [3.05, 3.63) is 0 Å². The fourth-order valence-electron chi connectivity index (χ4n) is 2.99. The average Bonchev–Trinajstić information content (AvgIpc) is 2.62. The van der Waals surface area contributed by atoms with Gasteiger partial charge in [0.15, 0.2) is 0 Å². The Kier molecular flexibility index (Phi) is 21.8. The van der Waals surface area contributed by atoms with Crippen LogP contribution in [0, 0.1) is 0 Å². The number of carbonyl (C=O) groups is 1. The Morgan fingerprint density at radius 2 is 0.923 bits per heavy atom. The summed E-state index contributed by atoms with van der Waals surface area (Å²) in [6, 6.07) is 0. The monoisotopic (exact) mass is 374 g/mol. The minimum Gasteiger partial charge on any atom is -0.481 e. The number of carboxylic acid groups (broad SMARTS) is 1. The smallest absolute Gasteiger partial charge is 0.303 e. The summed E-state index contributed by atoms with van der Waals surface area (Å²) in [7, 11) is 0. The van der Waals surface area contributed by atoms with Gasteiger partial charge in [0.2, 0.25) is 0 Å². The third kappa shape index (κ3) is 23.4. The van der Waals surface area contributed by atoms with Crippen LogP contribution in [-0.2, 0) is 14.3 Å². The highest BCUT2D eigenvalue weighted by Crippen LogP contribution is 2.13. The first kappa shape index (κ1) is 25.4. The van der Waals surface area contributed by atoms with Crippen molar-refractivity contribution in [1.82, 2.24) is 0 Å². The fourth-order valence-corrected chi connectivity index (χ4v) is 2.99. The van der Waals surface area contributed by atoms with Gasteiger partial charge in [-0.1, -0.05) is 77.0 Å². The molecule has 0 fully saturated rings. The van der Waals surface area contributed by atoms with E-state index in [1.165, 1.54) is 70.6 Å². The maximum Gasteiger partial charge on any atom is 0.303 e. The summed E-state index contributed by atoms with van der Waals surface area (Å²) in [4.78, 5) is 10.4. The molecule has 5 nitrogen and oxygen atoms in total.